The summed E-state index contributed by atoms with van der Waals surface area (Å²) in [5.74, 6) is -0.232. The highest BCUT2D eigenvalue weighted by molar-refractivity contribution is 7.89. The summed E-state index contributed by atoms with van der Waals surface area (Å²) in [5.41, 5.74) is 0.941. The van der Waals surface area contributed by atoms with Crippen molar-refractivity contribution in [2.45, 2.75) is 11.4 Å². The van der Waals surface area contributed by atoms with E-state index in [2.05, 4.69) is 0 Å². The van der Waals surface area contributed by atoms with E-state index in [4.69, 9.17) is 0 Å². The molecule has 6 heteroatoms. The molecular formula is C21H22FN2O2S+. The molecular weight excluding hydrogens is 363 g/mol. The number of benzene rings is 3. The number of fused-ring (bicyclic) bond motifs is 1. The first-order valence-corrected chi connectivity index (χ1v) is 10.5. The van der Waals surface area contributed by atoms with Gasteiger partial charge in [-0.3, -0.25) is 0 Å². The van der Waals surface area contributed by atoms with Crippen molar-refractivity contribution in [2.75, 3.05) is 26.2 Å². The third kappa shape index (κ3) is 3.88. The van der Waals surface area contributed by atoms with Crippen LogP contribution < -0.4 is 4.90 Å². The topological polar surface area (TPSA) is 41.8 Å². The SMILES string of the molecule is O=S(=O)(c1ccc2ccccc2c1)N1CC[NH+](Cc2cccc(F)c2)CC1. The fraction of sp³-hybridized carbons (Fsp3) is 0.238. The molecule has 1 heterocycles. The second-order valence-electron chi connectivity index (χ2n) is 6.97. The predicted molar refractivity (Wildman–Crippen MR) is 104 cm³/mol. The Labute approximate surface area is 158 Å². The lowest BCUT2D eigenvalue weighted by Gasteiger charge is -2.31. The lowest BCUT2D eigenvalue weighted by molar-refractivity contribution is -0.917. The summed E-state index contributed by atoms with van der Waals surface area (Å²) >= 11 is 0. The number of piperazine rings is 1. The molecule has 27 heavy (non-hydrogen) atoms. The van der Waals surface area contributed by atoms with Crippen LogP contribution in [0.3, 0.4) is 0 Å². The fourth-order valence-electron chi connectivity index (χ4n) is 3.63. The third-order valence-corrected chi connectivity index (χ3v) is 7.03. The number of sulfonamides is 1. The molecule has 0 atom stereocenters. The quantitative estimate of drug-likeness (QED) is 0.747. The van der Waals surface area contributed by atoms with Crippen molar-refractivity contribution in [2.24, 2.45) is 0 Å². The maximum absolute atomic E-state index is 13.3. The van der Waals surface area contributed by atoms with Crippen molar-refractivity contribution in [3.05, 3.63) is 78.1 Å². The third-order valence-electron chi connectivity index (χ3n) is 5.13. The van der Waals surface area contributed by atoms with Crippen LogP contribution in [0.4, 0.5) is 4.39 Å². The van der Waals surface area contributed by atoms with Gasteiger partial charge in [-0.1, -0.05) is 42.5 Å². The number of quaternary nitrogens is 1. The summed E-state index contributed by atoms with van der Waals surface area (Å²) in [6, 6.07) is 19.6. The zero-order valence-electron chi connectivity index (χ0n) is 14.9. The molecule has 0 unspecified atom stereocenters. The Hall–Kier alpha value is -2.28. The summed E-state index contributed by atoms with van der Waals surface area (Å²) in [4.78, 5) is 1.61. The van der Waals surface area contributed by atoms with E-state index in [1.54, 1.807) is 28.6 Å². The molecule has 3 aromatic carbocycles. The van der Waals surface area contributed by atoms with Crippen LogP contribution in [0.1, 0.15) is 5.56 Å². The number of hydrogen-bond donors (Lipinski definition) is 1. The lowest BCUT2D eigenvalue weighted by atomic mass is 10.1. The molecule has 1 saturated heterocycles. The number of hydrogen-bond acceptors (Lipinski definition) is 2. The first-order valence-electron chi connectivity index (χ1n) is 9.09. The largest absolute Gasteiger partial charge is 0.329 e. The highest BCUT2D eigenvalue weighted by atomic mass is 32.2. The van der Waals surface area contributed by atoms with E-state index in [0.29, 0.717) is 37.6 Å². The minimum atomic E-state index is -3.50. The van der Waals surface area contributed by atoms with Gasteiger partial charge in [0.1, 0.15) is 12.4 Å². The molecule has 0 aromatic heterocycles. The van der Waals surface area contributed by atoms with E-state index in [0.717, 1.165) is 16.3 Å². The van der Waals surface area contributed by atoms with Crippen molar-refractivity contribution in [1.82, 2.24) is 4.31 Å². The number of rotatable bonds is 4. The van der Waals surface area contributed by atoms with E-state index in [1.807, 2.05) is 36.4 Å². The van der Waals surface area contributed by atoms with Gasteiger partial charge in [-0.2, -0.15) is 4.31 Å². The van der Waals surface area contributed by atoms with Gasteiger partial charge in [0.25, 0.3) is 0 Å². The summed E-state index contributed by atoms with van der Waals surface area (Å²) in [7, 11) is -3.50. The molecule has 1 N–H and O–H groups in total. The van der Waals surface area contributed by atoms with Crippen molar-refractivity contribution < 1.29 is 17.7 Å². The average molecular weight is 385 g/mol. The lowest BCUT2D eigenvalue weighted by Crippen LogP contribution is -3.13. The van der Waals surface area contributed by atoms with Crippen molar-refractivity contribution in [3.63, 3.8) is 0 Å². The molecule has 1 fully saturated rings. The monoisotopic (exact) mass is 385 g/mol. The van der Waals surface area contributed by atoms with Gasteiger partial charge in [0.15, 0.2) is 0 Å². The zero-order valence-corrected chi connectivity index (χ0v) is 15.8. The van der Waals surface area contributed by atoms with Gasteiger partial charge in [0.05, 0.1) is 31.1 Å². The Morgan fingerprint density at radius 2 is 1.63 bits per heavy atom. The second kappa shape index (κ2) is 7.38. The number of nitrogens with zero attached hydrogens (tertiary/aromatic N) is 1. The van der Waals surface area contributed by atoms with Crippen molar-refractivity contribution >= 4 is 20.8 Å². The molecule has 0 spiro atoms. The Balaban J connectivity index is 1.46. The van der Waals surface area contributed by atoms with Gasteiger partial charge in [-0.25, -0.2) is 12.8 Å². The minimum Gasteiger partial charge on any atom is -0.329 e. The van der Waals surface area contributed by atoms with Crippen molar-refractivity contribution in [3.8, 4) is 0 Å². The predicted octanol–water partition coefficient (Wildman–Crippen LogP) is 2.07. The normalized spacial score (nSPS) is 16.6. The van der Waals surface area contributed by atoms with E-state index >= 15 is 0 Å². The maximum Gasteiger partial charge on any atom is 0.243 e. The molecule has 4 nitrogen and oxygen atoms in total. The Bertz CT molecular complexity index is 1060. The number of nitrogens with one attached hydrogen (secondary N) is 1. The summed E-state index contributed by atoms with van der Waals surface area (Å²) in [6.07, 6.45) is 0. The smallest absolute Gasteiger partial charge is 0.243 e. The molecule has 1 aliphatic heterocycles. The van der Waals surface area contributed by atoms with Gasteiger partial charge in [0, 0.05) is 5.56 Å². The number of halogens is 1. The van der Waals surface area contributed by atoms with Crippen LogP contribution in [-0.2, 0) is 16.6 Å². The van der Waals surface area contributed by atoms with Crippen LogP contribution >= 0.6 is 0 Å². The molecule has 3 aromatic rings. The van der Waals surface area contributed by atoms with Gasteiger partial charge in [-0.15, -0.1) is 0 Å². The molecule has 0 bridgehead atoms. The van der Waals surface area contributed by atoms with E-state index in [9.17, 15) is 12.8 Å². The van der Waals surface area contributed by atoms with Crippen LogP contribution in [-0.4, -0.2) is 38.9 Å². The van der Waals surface area contributed by atoms with Crippen molar-refractivity contribution in [1.29, 1.82) is 0 Å². The van der Waals surface area contributed by atoms with Gasteiger partial charge < -0.3 is 4.90 Å². The average Bonchev–Trinajstić information content (AvgIpc) is 2.68. The van der Waals surface area contributed by atoms with Crippen LogP contribution in [0.15, 0.2) is 71.6 Å². The molecule has 140 valence electrons. The first-order chi connectivity index (χ1) is 13.0. The summed E-state index contributed by atoms with van der Waals surface area (Å²) in [6.45, 7) is 3.08. The van der Waals surface area contributed by atoms with E-state index in [1.165, 1.54) is 11.0 Å². The fourth-order valence-corrected chi connectivity index (χ4v) is 5.11. The van der Waals surface area contributed by atoms with Gasteiger partial charge >= 0.3 is 0 Å². The standard InChI is InChI=1S/C21H21FN2O2S/c22-20-7-3-4-17(14-20)16-23-10-12-24(13-11-23)27(25,26)21-9-8-18-5-1-2-6-19(18)15-21/h1-9,14-15H,10-13,16H2/p+1. The zero-order chi connectivity index (χ0) is 18.9. The van der Waals surface area contributed by atoms with E-state index < -0.39 is 10.0 Å². The molecule has 1 aliphatic rings. The van der Waals surface area contributed by atoms with Crippen LogP contribution in [0, 0.1) is 5.82 Å². The maximum atomic E-state index is 13.3. The molecule has 0 radical (unpaired) electrons. The molecule has 0 saturated carbocycles. The van der Waals surface area contributed by atoms with Crippen LogP contribution in [0.5, 0.6) is 0 Å². The summed E-state index contributed by atoms with van der Waals surface area (Å²) < 4.78 is 40.9. The van der Waals surface area contributed by atoms with E-state index in [-0.39, 0.29) is 5.82 Å². The van der Waals surface area contributed by atoms with Gasteiger partial charge in [0.2, 0.25) is 10.0 Å². The van der Waals surface area contributed by atoms with Gasteiger partial charge in [-0.05, 0) is 35.0 Å². The Morgan fingerprint density at radius 1 is 0.889 bits per heavy atom. The summed E-state index contributed by atoms with van der Waals surface area (Å²) in [5, 5.41) is 1.95. The highest BCUT2D eigenvalue weighted by Gasteiger charge is 2.30. The minimum absolute atomic E-state index is 0.232. The first kappa shape index (κ1) is 18.1. The van der Waals surface area contributed by atoms with Crippen LogP contribution in [0.2, 0.25) is 0 Å². The Morgan fingerprint density at radius 3 is 2.37 bits per heavy atom. The Kier molecular flexibility index (Phi) is 4.95. The highest BCUT2D eigenvalue weighted by Crippen LogP contribution is 2.22. The molecule has 0 aliphatic carbocycles. The molecule has 0 amide bonds. The van der Waals surface area contributed by atoms with Crippen LogP contribution in [0.25, 0.3) is 10.8 Å². The second-order valence-corrected chi connectivity index (χ2v) is 8.91. The molecule has 4 rings (SSSR count).